The maximum Gasteiger partial charge on any atom is 0.170 e. The summed E-state index contributed by atoms with van der Waals surface area (Å²) in [6.45, 7) is 3.21. The minimum atomic E-state index is 0.594. The van der Waals surface area contributed by atoms with Crippen LogP contribution in [-0.4, -0.2) is 29.7 Å². The van der Waals surface area contributed by atoms with Crippen molar-refractivity contribution in [3.05, 3.63) is 29.5 Å². The molecule has 112 valence electrons. The number of aromatic amines is 1. The van der Waals surface area contributed by atoms with E-state index in [2.05, 4.69) is 46.1 Å². The van der Waals surface area contributed by atoms with Gasteiger partial charge in [-0.15, -0.1) is 0 Å². The van der Waals surface area contributed by atoms with Crippen LogP contribution in [0.4, 0.5) is 5.69 Å². The van der Waals surface area contributed by atoms with E-state index < -0.39 is 0 Å². The lowest BCUT2D eigenvalue weighted by molar-refractivity contribution is 0.470. The zero-order valence-electron chi connectivity index (χ0n) is 12.5. The van der Waals surface area contributed by atoms with Crippen molar-refractivity contribution in [2.75, 3.05) is 18.9 Å². The molecular formula is C16H22N4S. The Hall–Kier alpha value is -1.59. The van der Waals surface area contributed by atoms with E-state index in [1.54, 1.807) is 0 Å². The van der Waals surface area contributed by atoms with Crippen LogP contribution in [0, 0.1) is 0 Å². The predicted octanol–water partition coefficient (Wildman–Crippen LogP) is 2.55. The first-order valence-electron chi connectivity index (χ1n) is 7.57. The summed E-state index contributed by atoms with van der Waals surface area (Å²) in [5.41, 5.74) is 5.11. The molecule has 0 radical (unpaired) electrons. The van der Waals surface area contributed by atoms with Crippen molar-refractivity contribution in [3.8, 4) is 0 Å². The van der Waals surface area contributed by atoms with Gasteiger partial charge in [0.1, 0.15) is 0 Å². The molecule has 1 aromatic carbocycles. The number of nitrogens with one attached hydrogen (secondary N) is 4. The highest BCUT2D eigenvalue weighted by atomic mass is 32.1. The molecule has 21 heavy (non-hydrogen) atoms. The van der Waals surface area contributed by atoms with Gasteiger partial charge in [0, 0.05) is 35.4 Å². The molecule has 1 aliphatic carbocycles. The fourth-order valence-corrected chi connectivity index (χ4v) is 3.27. The van der Waals surface area contributed by atoms with Crippen LogP contribution >= 0.6 is 12.2 Å². The van der Waals surface area contributed by atoms with Crippen LogP contribution < -0.4 is 16.0 Å². The van der Waals surface area contributed by atoms with Crippen LogP contribution in [0.2, 0.25) is 0 Å². The Morgan fingerprint density at radius 3 is 3.05 bits per heavy atom. The maximum atomic E-state index is 5.17. The van der Waals surface area contributed by atoms with E-state index in [0.717, 1.165) is 25.1 Å². The molecule has 1 unspecified atom stereocenters. The van der Waals surface area contributed by atoms with Crippen molar-refractivity contribution in [2.24, 2.45) is 0 Å². The van der Waals surface area contributed by atoms with Crippen molar-refractivity contribution in [1.82, 2.24) is 15.6 Å². The first-order valence-corrected chi connectivity index (χ1v) is 7.97. The highest BCUT2D eigenvalue weighted by molar-refractivity contribution is 7.80. The van der Waals surface area contributed by atoms with Crippen LogP contribution in [0.3, 0.4) is 0 Å². The summed E-state index contributed by atoms with van der Waals surface area (Å²) in [6, 6.07) is 6.99. The van der Waals surface area contributed by atoms with Gasteiger partial charge in [-0.05, 0) is 61.8 Å². The summed E-state index contributed by atoms with van der Waals surface area (Å²) >= 11 is 5.17. The first-order chi connectivity index (χ1) is 10.2. The lowest BCUT2D eigenvalue weighted by Crippen LogP contribution is -2.34. The maximum absolute atomic E-state index is 5.17. The zero-order chi connectivity index (χ0) is 14.8. The number of rotatable bonds is 3. The van der Waals surface area contributed by atoms with E-state index >= 15 is 0 Å². The second kappa shape index (κ2) is 6.03. The third-order valence-electron chi connectivity index (χ3n) is 4.17. The number of H-pyrrole nitrogens is 1. The average Bonchev–Trinajstić information content (AvgIpc) is 2.85. The fourth-order valence-electron chi connectivity index (χ4n) is 3.15. The number of anilines is 1. The van der Waals surface area contributed by atoms with Gasteiger partial charge in [0.25, 0.3) is 0 Å². The van der Waals surface area contributed by atoms with E-state index in [9.17, 15) is 0 Å². The molecule has 0 fully saturated rings. The number of hydrogen-bond donors (Lipinski definition) is 4. The third kappa shape index (κ3) is 2.89. The highest BCUT2D eigenvalue weighted by Gasteiger charge is 2.21. The third-order valence-corrected chi connectivity index (χ3v) is 4.47. The zero-order valence-corrected chi connectivity index (χ0v) is 13.4. The molecule has 2 aromatic rings. The Bertz CT molecular complexity index is 662. The number of benzene rings is 1. The van der Waals surface area contributed by atoms with Gasteiger partial charge in [0.2, 0.25) is 0 Å². The summed E-state index contributed by atoms with van der Waals surface area (Å²) in [5.74, 6) is 0. The quantitative estimate of drug-likeness (QED) is 0.658. The molecule has 4 nitrogen and oxygen atoms in total. The van der Waals surface area contributed by atoms with E-state index in [4.69, 9.17) is 12.2 Å². The normalized spacial score (nSPS) is 17.5. The summed E-state index contributed by atoms with van der Waals surface area (Å²) < 4.78 is 0. The molecule has 4 N–H and O–H groups in total. The average molecular weight is 302 g/mol. The largest absolute Gasteiger partial charge is 0.366 e. The van der Waals surface area contributed by atoms with Crippen molar-refractivity contribution in [1.29, 1.82) is 0 Å². The van der Waals surface area contributed by atoms with Crippen LogP contribution in [0.25, 0.3) is 10.9 Å². The van der Waals surface area contributed by atoms with Gasteiger partial charge in [-0.3, -0.25) is 0 Å². The number of aryl methyl sites for hydroxylation is 1. The first kappa shape index (κ1) is 14.4. The number of aromatic nitrogens is 1. The second-order valence-electron chi connectivity index (χ2n) is 5.54. The molecule has 0 saturated carbocycles. The number of likely N-dealkylation sites (N-methyl/N-ethyl adjacent to an activating group) is 1. The van der Waals surface area contributed by atoms with E-state index in [0.29, 0.717) is 11.2 Å². The van der Waals surface area contributed by atoms with Gasteiger partial charge < -0.3 is 20.9 Å². The number of thiocarbonyl (C=S) groups is 1. The second-order valence-corrected chi connectivity index (χ2v) is 5.95. The van der Waals surface area contributed by atoms with Gasteiger partial charge >= 0.3 is 0 Å². The lowest BCUT2D eigenvalue weighted by atomic mass is 9.91. The molecule has 1 heterocycles. The van der Waals surface area contributed by atoms with Crippen LogP contribution in [0.1, 0.15) is 24.6 Å². The Labute approximate surface area is 130 Å². The SMILES string of the molecule is CCNC1CCc2[nH]c3ccc(NC(=S)NC)cc3c2C1. The molecule has 1 aromatic heterocycles. The molecule has 3 rings (SSSR count). The Morgan fingerprint density at radius 1 is 1.43 bits per heavy atom. The van der Waals surface area contributed by atoms with Crippen molar-refractivity contribution in [2.45, 2.75) is 32.2 Å². The van der Waals surface area contributed by atoms with Crippen LogP contribution in [0.5, 0.6) is 0 Å². The number of hydrogen-bond acceptors (Lipinski definition) is 2. The minimum absolute atomic E-state index is 0.594. The monoisotopic (exact) mass is 302 g/mol. The summed E-state index contributed by atoms with van der Waals surface area (Å²) in [7, 11) is 1.83. The van der Waals surface area contributed by atoms with Gasteiger partial charge in [0.15, 0.2) is 5.11 Å². The van der Waals surface area contributed by atoms with E-state index in [1.807, 2.05) is 7.05 Å². The molecule has 0 saturated heterocycles. The molecule has 0 bridgehead atoms. The van der Waals surface area contributed by atoms with E-state index in [1.165, 1.54) is 28.6 Å². The van der Waals surface area contributed by atoms with Crippen molar-refractivity contribution >= 4 is 33.9 Å². The Kier molecular flexibility index (Phi) is 4.12. The predicted molar refractivity (Wildman–Crippen MR) is 93.1 cm³/mol. The lowest BCUT2D eigenvalue weighted by Gasteiger charge is -2.23. The van der Waals surface area contributed by atoms with Crippen molar-refractivity contribution < 1.29 is 0 Å². The number of fused-ring (bicyclic) bond motifs is 3. The summed E-state index contributed by atoms with van der Waals surface area (Å²) in [4.78, 5) is 3.57. The minimum Gasteiger partial charge on any atom is -0.366 e. The molecule has 0 aliphatic heterocycles. The van der Waals surface area contributed by atoms with Gasteiger partial charge in [-0.1, -0.05) is 6.92 Å². The molecule has 1 atom stereocenters. The van der Waals surface area contributed by atoms with Gasteiger partial charge in [0.05, 0.1) is 0 Å². The summed E-state index contributed by atoms with van der Waals surface area (Å²) in [6.07, 6.45) is 3.44. The van der Waals surface area contributed by atoms with Crippen LogP contribution in [-0.2, 0) is 12.8 Å². The topological polar surface area (TPSA) is 51.9 Å². The Morgan fingerprint density at radius 2 is 2.29 bits per heavy atom. The van der Waals surface area contributed by atoms with E-state index in [-0.39, 0.29) is 0 Å². The molecular weight excluding hydrogens is 280 g/mol. The molecule has 1 aliphatic rings. The molecule has 5 heteroatoms. The summed E-state index contributed by atoms with van der Waals surface area (Å²) in [5, 5.41) is 11.7. The van der Waals surface area contributed by atoms with Crippen molar-refractivity contribution in [3.63, 3.8) is 0 Å². The molecule has 0 spiro atoms. The van der Waals surface area contributed by atoms with Crippen LogP contribution in [0.15, 0.2) is 18.2 Å². The molecule has 0 amide bonds. The van der Waals surface area contributed by atoms with Gasteiger partial charge in [-0.2, -0.15) is 0 Å². The fraction of sp³-hybridized carbons (Fsp3) is 0.438. The smallest absolute Gasteiger partial charge is 0.170 e. The Balaban J connectivity index is 1.93. The highest BCUT2D eigenvalue weighted by Crippen LogP contribution is 2.31. The van der Waals surface area contributed by atoms with Gasteiger partial charge in [-0.25, -0.2) is 0 Å². The standard InChI is InChI=1S/C16H22N4S/c1-3-18-10-4-6-14-12(8-10)13-9-11(19-16(21)17-2)5-7-15(13)20-14/h5,7,9-10,18,20H,3-4,6,8H2,1-2H3,(H2,17,19,21).